The van der Waals surface area contributed by atoms with Gasteiger partial charge in [-0.05, 0) is 51.4 Å². The van der Waals surface area contributed by atoms with E-state index in [-0.39, 0.29) is 0 Å². The summed E-state index contributed by atoms with van der Waals surface area (Å²) in [5, 5.41) is 3.88. The van der Waals surface area contributed by atoms with E-state index in [0.29, 0.717) is 10.3 Å². The first-order chi connectivity index (χ1) is 9.17. The summed E-state index contributed by atoms with van der Waals surface area (Å²) >= 11 is 2.09. The van der Waals surface area contributed by atoms with Crippen LogP contribution in [-0.2, 0) is 0 Å². The number of thioether (sulfide) groups is 1. The number of hydrogen-bond acceptors (Lipinski definition) is 3. The van der Waals surface area contributed by atoms with E-state index in [1.165, 1.54) is 71.1 Å². The smallest absolute Gasteiger partial charge is 0.0308 e. The molecule has 1 saturated carbocycles. The zero-order valence-corrected chi connectivity index (χ0v) is 14.0. The lowest BCUT2D eigenvalue weighted by Crippen LogP contribution is -2.51. The van der Waals surface area contributed by atoms with Gasteiger partial charge < -0.3 is 10.2 Å². The van der Waals surface area contributed by atoms with E-state index in [2.05, 4.69) is 42.1 Å². The fraction of sp³-hybridized carbons (Fsp3) is 1.00. The Kier molecular flexibility index (Phi) is 5.62. The summed E-state index contributed by atoms with van der Waals surface area (Å²) in [4.78, 5) is 2.77. The lowest BCUT2D eigenvalue weighted by molar-refractivity contribution is 0.190. The summed E-state index contributed by atoms with van der Waals surface area (Å²) in [5.74, 6) is 0. The SMILES string of the molecule is CCC(CC)(CN1CCCNC2(CCCC2)C1)SC. The van der Waals surface area contributed by atoms with Gasteiger partial charge in [0.25, 0.3) is 0 Å². The highest BCUT2D eigenvalue weighted by atomic mass is 32.2. The normalized spacial score (nSPS) is 24.8. The highest BCUT2D eigenvalue weighted by molar-refractivity contribution is 8.00. The molecular weight excluding hydrogens is 252 g/mol. The number of hydrogen-bond donors (Lipinski definition) is 1. The third-order valence-electron chi connectivity index (χ3n) is 5.47. The second-order valence-corrected chi connectivity index (χ2v) is 7.85. The molecule has 1 aliphatic heterocycles. The first-order valence-corrected chi connectivity index (χ1v) is 9.42. The van der Waals surface area contributed by atoms with Crippen molar-refractivity contribution >= 4 is 11.8 Å². The molecule has 1 heterocycles. The summed E-state index contributed by atoms with van der Waals surface area (Å²) in [6, 6.07) is 0. The molecule has 2 rings (SSSR count). The fourth-order valence-corrected chi connectivity index (χ4v) is 4.86. The van der Waals surface area contributed by atoms with Crippen LogP contribution in [0.25, 0.3) is 0 Å². The summed E-state index contributed by atoms with van der Waals surface area (Å²) in [6.07, 6.45) is 11.9. The van der Waals surface area contributed by atoms with Gasteiger partial charge in [-0.25, -0.2) is 0 Å². The minimum absolute atomic E-state index is 0.460. The molecule has 0 aromatic rings. The standard InChI is InChI=1S/C16H32N2S/c1-4-16(5-2,19-3)14-18-12-8-11-17-15(13-18)9-6-7-10-15/h17H,4-14H2,1-3H3. The van der Waals surface area contributed by atoms with Gasteiger partial charge >= 0.3 is 0 Å². The Morgan fingerprint density at radius 3 is 2.42 bits per heavy atom. The zero-order valence-electron chi connectivity index (χ0n) is 13.1. The van der Waals surface area contributed by atoms with Crippen molar-refractivity contribution in [3.8, 4) is 0 Å². The second kappa shape index (κ2) is 6.82. The van der Waals surface area contributed by atoms with Gasteiger partial charge in [-0.15, -0.1) is 0 Å². The van der Waals surface area contributed by atoms with Gasteiger partial charge in [-0.2, -0.15) is 11.8 Å². The molecule has 0 amide bonds. The maximum absolute atomic E-state index is 3.88. The Labute approximate surface area is 124 Å². The monoisotopic (exact) mass is 284 g/mol. The number of nitrogens with zero attached hydrogens (tertiary/aromatic N) is 1. The Hall–Kier alpha value is 0.270. The Morgan fingerprint density at radius 1 is 1.16 bits per heavy atom. The average Bonchev–Trinajstić information content (AvgIpc) is 2.79. The van der Waals surface area contributed by atoms with Crippen LogP contribution >= 0.6 is 11.8 Å². The van der Waals surface area contributed by atoms with Gasteiger partial charge in [0.2, 0.25) is 0 Å². The number of nitrogens with one attached hydrogen (secondary N) is 1. The Morgan fingerprint density at radius 2 is 1.84 bits per heavy atom. The summed E-state index contributed by atoms with van der Waals surface area (Å²) in [7, 11) is 0. The molecule has 1 saturated heterocycles. The van der Waals surface area contributed by atoms with E-state index >= 15 is 0 Å². The summed E-state index contributed by atoms with van der Waals surface area (Å²) < 4.78 is 0.476. The minimum Gasteiger partial charge on any atom is -0.310 e. The topological polar surface area (TPSA) is 15.3 Å². The molecule has 112 valence electrons. The van der Waals surface area contributed by atoms with Crippen LogP contribution in [0.4, 0.5) is 0 Å². The summed E-state index contributed by atoms with van der Waals surface area (Å²) in [6.45, 7) is 9.81. The molecule has 2 nitrogen and oxygen atoms in total. The van der Waals surface area contributed by atoms with Crippen LogP contribution < -0.4 is 5.32 Å². The van der Waals surface area contributed by atoms with Crippen molar-refractivity contribution in [3.05, 3.63) is 0 Å². The van der Waals surface area contributed by atoms with Crippen LogP contribution in [0.2, 0.25) is 0 Å². The molecule has 0 radical (unpaired) electrons. The third-order valence-corrected chi connectivity index (χ3v) is 7.04. The van der Waals surface area contributed by atoms with Crippen molar-refractivity contribution in [1.82, 2.24) is 10.2 Å². The van der Waals surface area contributed by atoms with E-state index in [0.717, 1.165) is 0 Å². The third kappa shape index (κ3) is 3.68. The van der Waals surface area contributed by atoms with Crippen LogP contribution in [0.3, 0.4) is 0 Å². The van der Waals surface area contributed by atoms with Crippen molar-refractivity contribution in [3.63, 3.8) is 0 Å². The van der Waals surface area contributed by atoms with Crippen molar-refractivity contribution < 1.29 is 0 Å². The lowest BCUT2D eigenvalue weighted by atomic mass is 9.95. The number of rotatable bonds is 5. The highest BCUT2D eigenvalue weighted by Gasteiger charge is 2.38. The van der Waals surface area contributed by atoms with E-state index < -0.39 is 0 Å². The quantitative estimate of drug-likeness (QED) is 0.831. The first kappa shape index (κ1) is 15.7. The Bertz CT molecular complexity index is 262. The molecule has 2 fully saturated rings. The molecule has 19 heavy (non-hydrogen) atoms. The molecule has 0 bridgehead atoms. The van der Waals surface area contributed by atoms with Crippen LogP contribution in [0, 0.1) is 0 Å². The zero-order chi connectivity index (χ0) is 13.8. The van der Waals surface area contributed by atoms with E-state index in [4.69, 9.17) is 0 Å². The fourth-order valence-electron chi connectivity index (χ4n) is 3.98. The molecule has 0 aromatic heterocycles. The van der Waals surface area contributed by atoms with Gasteiger partial charge in [0, 0.05) is 23.4 Å². The summed E-state index contributed by atoms with van der Waals surface area (Å²) in [5.41, 5.74) is 0.460. The predicted octanol–water partition coefficient (Wildman–Crippen LogP) is 3.52. The minimum atomic E-state index is 0.460. The van der Waals surface area contributed by atoms with Crippen molar-refractivity contribution in [1.29, 1.82) is 0 Å². The van der Waals surface area contributed by atoms with Gasteiger partial charge in [-0.1, -0.05) is 26.7 Å². The van der Waals surface area contributed by atoms with Crippen LogP contribution in [0.5, 0.6) is 0 Å². The molecule has 1 N–H and O–H groups in total. The lowest BCUT2D eigenvalue weighted by Gasteiger charge is -2.39. The van der Waals surface area contributed by atoms with E-state index in [1.54, 1.807) is 0 Å². The Balaban J connectivity index is 2.02. The van der Waals surface area contributed by atoms with Crippen LogP contribution in [0.1, 0.15) is 58.8 Å². The van der Waals surface area contributed by atoms with Crippen LogP contribution in [0.15, 0.2) is 0 Å². The molecular formula is C16H32N2S. The maximum atomic E-state index is 3.88. The molecule has 1 spiro atoms. The van der Waals surface area contributed by atoms with Crippen molar-refractivity contribution in [2.75, 3.05) is 32.4 Å². The second-order valence-electron chi connectivity index (χ2n) is 6.57. The van der Waals surface area contributed by atoms with Crippen molar-refractivity contribution in [2.24, 2.45) is 0 Å². The highest BCUT2D eigenvalue weighted by Crippen LogP contribution is 2.35. The molecule has 0 unspecified atom stereocenters. The molecule has 0 aromatic carbocycles. The molecule has 2 aliphatic rings. The van der Waals surface area contributed by atoms with Gasteiger partial charge in [-0.3, -0.25) is 0 Å². The van der Waals surface area contributed by atoms with Gasteiger partial charge in [0.1, 0.15) is 0 Å². The predicted molar refractivity (Wildman–Crippen MR) is 87.1 cm³/mol. The van der Waals surface area contributed by atoms with Crippen molar-refractivity contribution in [2.45, 2.75) is 69.1 Å². The largest absolute Gasteiger partial charge is 0.310 e. The van der Waals surface area contributed by atoms with E-state index in [9.17, 15) is 0 Å². The maximum Gasteiger partial charge on any atom is 0.0308 e. The van der Waals surface area contributed by atoms with Gasteiger partial charge in [0.15, 0.2) is 0 Å². The van der Waals surface area contributed by atoms with Crippen LogP contribution in [-0.4, -0.2) is 47.6 Å². The van der Waals surface area contributed by atoms with Gasteiger partial charge in [0.05, 0.1) is 0 Å². The van der Waals surface area contributed by atoms with E-state index in [1.807, 2.05) is 0 Å². The average molecular weight is 285 g/mol. The molecule has 1 aliphatic carbocycles. The molecule has 0 atom stereocenters. The molecule has 3 heteroatoms. The first-order valence-electron chi connectivity index (χ1n) is 8.20.